The van der Waals surface area contributed by atoms with Crippen molar-refractivity contribution in [2.75, 3.05) is 13.1 Å². The Morgan fingerprint density at radius 3 is 2.86 bits per heavy atom. The van der Waals surface area contributed by atoms with E-state index in [0.29, 0.717) is 0 Å². The zero-order chi connectivity index (χ0) is 10.6. The SMILES string of the molecule is C[C@H]1NCCC[C@H]1C(=O)NCC(N)=O. The van der Waals surface area contributed by atoms with Crippen LogP contribution in [0.4, 0.5) is 0 Å². The highest BCUT2D eigenvalue weighted by Crippen LogP contribution is 2.15. The third-order valence-corrected chi connectivity index (χ3v) is 2.54. The highest BCUT2D eigenvalue weighted by Gasteiger charge is 2.27. The van der Waals surface area contributed by atoms with Crippen LogP contribution in [0.25, 0.3) is 0 Å². The van der Waals surface area contributed by atoms with Crippen LogP contribution < -0.4 is 16.4 Å². The Bertz CT molecular complexity index is 230. The largest absolute Gasteiger partial charge is 0.368 e. The molecule has 0 aliphatic carbocycles. The molecule has 0 aromatic heterocycles. The van der Waals surface area contributed by atoms with Crippen molar-refractivity contribution in [3.63, 3.8) is 0 Å². The van der Waals surface area contributed by atoms with Crippen LogP contribution in [0.2, 0.25) is 0 Å². The molecule has 1 fully saturated rings. The summed E-state index contributed by atoms with van der Waals surface area (Å²) in [6.45, 7) is 2.87. The Morgan fingerprint density at radius 1 is 1.57 bits per heavy atom. The average molecular weight is 199 g/mol. The topological polar surface area (TPSA) is 84.2 Å². The number of piperidine rings is 1. The van der Waals surface area contributed by atoms with Gasteiger partial charge in [0.1, 0.15) is 0 Å². The van der Waals surface area contributed by atoms with E-state index in [9.17, 15) is 9.59 Å². The predicted octanol–water partition coefficient (Wildman–Crippen LogP) is -1.02. The van der Waals surface area contributed by atoms with Crippen molar-refractivity contribution >= 4 is 11.8 Å². The molecule has 0 radical (unpaired) electrons. The van der Waals surface area contributed by atoms with E-state index >= 15 is 0 Å². The van der Waals surface area contributed by atoms with Crippen LogP contribution in [0.1, 0.15) is 19.8 Å². The van der Waals surface area contributed by atoms with E-state index in [2.05, 4.69) is 10.6 Å². The third-order valence-electron chi connectivity index (χ3n) is 2.54. The molecule has 1 saturated heterocycles. The van der Waals surface area contributed by atoms with Crippen molar-refractivity contribution in [3.05, 3.63) is 0 Å². The Morgan fingerprint density at radius 2 is 2.29 bits per heavy atom. The molecule has 1 heterocycles. The van der Waals surface area contributed by atoms with Gasteiger partial charge in [-0.1, -0.05) is 0 Å². The van der Waals surface area contributed by atoms with Crippen LogP contribution >= 0.6 is 0 Å². The van der Waals surface area contributed by atoms with Gasteiger partial charge in [-0.2, -0.15) is 0 Å². The quantitative estimate of drug-likeness (QED) is 0.543. The molecule has 0 aromatic rings. The molecule has 0 aromatic carbocycles. The standard InChI is InChI=1S/C9H17N3O2/c1-6-7(3-2-4-11-6)9(14)12-5-8(10)13/h6-7,11H,2-5H2,1H3,(H2,10,13)(H,12,14)/t6-,7-/m1/s1. The summed E-state index contributed by atoms with van der Waals surface area (Å²) in [6, 6.07) is 0.177. The number of carbonyl (C=O) groups excluding carboxylic acids is 2. The van der Waals surface area contributed by atoms with Crippen LogP contribution in [-0.4, -0.2) is 30.9 Å². The van der Waals surface area contributed by atoms with Gasteiger partial charge in [-0.25, -0.2) is 0 Å². The minimum Gasteiger partial charge on any atom is -0.368 e. The molecule has 2 atom stereocenters. The van der Waals surface area contributed by atoms with E-state index in [1.54, 1.807) is 0 Å². The van der Waals surface area contributed by atoms with Gasteiger partial charge in [0.05, 0.1) is 12.5 Å². The van der Waals surface area contributed by atoms with Gasteiger partial charge in [-0.3, -0.25) is 9.59 Å². The van der Waals surface area contributed by atoms with Crippen LogP contribution in [0.5, 0.6) is 0 Å². The van der Waals surface area contributed by atoms with E-state index in [-0.39, 0.29) is 24.4 Å². The van der Waals surface area contributed by atoms with Gasteiger partial charge in [0.2, 0.25) is 11.8 Å². The number of amides is 2. The number of hydrogen-bond donors (Lipinski definition) is 3. The van der Waals surface area contributed by atoms with E-state index in [0.717, 1.165) is 19.4 Å². The molecule has 14 heavy (non-hydrogen) atoms. The van der Waals surface area contributed by atoms with E-state index in [1.807, 2.05) is 6.92 Å². The van der Waals surface area contributed by atoms with Crippen LogP contribution in [-0.2, 0) is 9.59 Å². The van der Waals surface area contributed by atoms with Gasteiger partial charge in [-0.15, -0.1) is 0 Å². The molecule has 80 valence electrons. The molecular weight excluding hydrogens is 182 g/mol. The molecule has 4 N–H and O–H groups in total. The Kier molecular flexibility index (Phi) is 3.88. The van der Waals surface area contributed by atoms with Crippen molar-refractivity contribution in [1.82, 2.24) is 10.6 Å². The van der Waals surface area contributed by atoms with Gasteiger partial charge in [-0.05, 0) is 26.3 Å². The maximum absolute atomic E-state index is 11.6. The summed E-state index contributed by atoms with van der Waals surface area (Å²) in [4.78, 5) is 22.0. The number of carbonyl (C=O) groups is 2. The van der Waals surface area contributed by atoms with Crippen molar-refractivity contribution in [2.45, 2.75) is 25.8 Å². The van der Waals surface area contributed by atoms with Crippen LogP contribution in [0.15, 0.2) is 0 Å². The molecule has 0 saturated carbocycles. The monoisotopic (exact) mass is 199 g/mol. The lowest BCUT2D eigenvalue weighted by Gasteiger charge is -2.28. The van der Waals surface area contributed by atoms with Crippen molar-refractivity contribution in [2.24, 2.45) is 11.7 Å². The first kappa shape index (κ1) is 11.0. The van der Waals surface area contributed by atoms with Gasteiger partial charge in [0.25, 0.3) is 0 Å². The van der Waals surface area contributed by atoms with Crippen LogP contribution in [0.3, 0.4) is 0 Å². The first-order chi connectivity index (χ1) is 6.61. The summed E-state index contributed by atoms with van der Waals surface area (Å²) < 4.78 is 0. The van der Waals surface area contributed by atoms with Crippen molar-refractivity contribution in [3.8, 4) is 0 Å². The summed E-state index contributed by atoms with van der Waals surface area (Å²) in [6.07, 6.45) is 1.87. The molecule has 5 heteroatoms. The highest BCUT2D eigenvalue weighted by atomic mass is 16.2. The summed E-state index contributed by atoms with van der Waals surface area (Å²) in [7, 11) is 0. The number of nitrogens with two attached hydrogens (primary N) is 1. The maximum Gasteiger partial charge on any atom is 0.236 e. The first-order valence-corrected chi connectivity index (χ1v) is 4.90. The average Bonchev–Trinajstić information content (AvgIpc) is 2.15. The second-order valence-corrected chi connectivity index (χ2v) is 3.68. The fourth-order valence-corrected chi connectivity index (χ4v) is 1.71. The van der Waals surface area contributed by atoms with Gasteiger partial charge in [0, 0.05) is 6.04 Å². The lowest BCUT2D eigenvalue weighted by atomic mass is 9.91. The van der Waals surface area contributed by atoms with Gasteiger partial charge < -0.3 is 16.4 Å². The molecule has 1 aliphatic rings. The minimum absolute atomic E-state index is 0.0388. The molecule has 0 spiro atoms. The smallest absolute Gasteiger partial charge is 0.236 e. The number of nitrogens with one attached hydrogen (secondary N) is 2. The summed E-state index contributed by atoms with van der Waals surface area (Å²) in [5.41, 5.74) is 4.94. The Hall–Kier alpha value is -1.10. The summed E-state index contributed by atoms with van der Waals surface area (Å²) in [5, 5.41) is 5.75. The highest BCUT2D eigenvalue weighted by molar-refractivity contribution is 5.85. The Labute approximate surface area is 83.4 Å². The predicted molar refractivity (Wildman–Crippen MR) is 52.4 cm³/mol. The number of rotatable bonds is 3. The van der Waals surface area contributed by atoms with Gasteiger partial charge >= 0.3 is 0 Å². The van der Waals surface area contributed by atoms with E-state index < -0.39 is 5.91 Å². The molecule has 5 nitrogen and oxygen atoms in total. The lowest BCUT2D eigenvalue weighted by molar-refractivity contribution is -0.128. The van der Waals surface area contributed by atoms with Crippen molar-refractivity contribution < 1.29 is 9.59 Å². The summed E-state index contributed by atoms with van der Waals surface area (Å²) in [5.74, 6) is -0.624. The fourth-order valence-electron chi connectivity index (χ4n) is 1.71. The molecule has 2 amide bonds. The minimum atomic E-state index is -0.505. The van der Waals surface area contributed by atoms with Gasteiger partial charge in [0.15, 0.2) is 0 Å². The third kappa shape index (κ3) is 2.99. The second-order valence-electron chi connectivity index (χ2n) is 3.68. The van der Waals surface area contributed by atoms with E-state index in [1.165, 1.54) is 0 Å². The lowest BCUT2D eigenvalue weighted by Crippen LogP contribution is -2.48. The normalized spacial score (nSPS) is 26.9. The molecular formula is C9H17N3O2. The first-order valence-electron chi connectivity index (χ1n) is 4.90. The molecule has 0 bridgehead atoms. The molecule has 1 aliphatic heterocycles. The Balaban J connectivity index is 2.38. The summed E-state index contributed by atoms with van der Waals surface area (Å²) >= 11 is 0. The molecule has 0 unspecified atom stereocenters. The van der Waals surface area contributed by atoms with Crippen molar-refractivity contribution in [1.29, 1.82) is 0 Å². The molecule has 1 rings (SSSR count). The number of primary amides is 1. The zero-order valence-corrected chi connectivity index (χ0v) is 8.38. The number of hydrogen-bond acceptors (Lipinski definition) is 3. The zero-order valence-electron chi connectivity index (χ0n) is 8.38. The second kappa shape index (κ2) is 4.95. The maximum atomic E-state index is 11.6. The fraction of sp³-hybridized carbons (Fsp3) is 0.778. The van der Waals surface area contributed by atoms with Crippen LogP contribution in [0, 0.1) is 5.92 Å². The van der Waals surface area contributed by atoms with E-state index in [4.69, 9.17) is 5.73 Å².